The van der Waals surface area contributed by atoms with Crippen LogP contribution in [0.3, 0.4) is 0 Å². The molecule has 2 amide bonds. The predicted molar refractivity (Wildman–Crippen MR) is 113 cm³/mol. The molecule has 4 rings (SSSR count). The van der Waals surface area contributed by atoms with Gasteiger partial charge in [-0.25, -0.2) is 4.98 Å². The van der Waals surface area contributed by atoms with Crippen LogP contribution in [-0.2, 0) is 13.0 Å². The normalized spacial score (nSPS) is 16.9. The number of anilines is 1. The highest BCUT2D eigenvalue weighted by Crippen LogP contribution is 2.24. The first kappa shape index (κ1) is 19.7. The van der Waals surface area contributed by atoms with Gasteiger partial charge in [0.05, 0.1) is 5.69 Å². The summed E-state index contributed by atoms with van der Waals surface area (Å²) in [5.74, 6) is -0.0485. The van der Waals surface area contributed by atoms with E-state index in [1.54, 1.807) is 0 Å². The lowest BCUT2D eigenvalue weighted by atomic mass is 9.95. The largest absolute Gasteiger partial charge is 0.348 e. The summed E-state index contributed by atoms with van der Waals surface area (Å²) in [6, 6.07) is 6.08. The van der Waals surface area contributed by atoms with Gasteiger partial charge in [-0.1, -0.05) is 25.3 Å². The topological polar surface area (TPSA) is 76.0 Å². The molecular formula is C23H30N4O2. The van der Waals surface area contributed by atoms with E-state index in [-0.39, 0.29) is 17.9 Å². The zero-order chi connectivity index (χ0) is 20.4. The number of rotatable bonds is 4. The standard InChI is InChI=1S/C23H30N4O2/c1-15-11-12-18(14-16(15)2)25-23(29)21-26-20(19-10-6-7-13-27(19)21)22(28)24-17-8-4-3-5-9-17/h11-12,14,17H,3-10,13H2,1-2H3,(H,24,28)(H,25,29). The van der Waals surface area contributed by atoms with Crippen molar-refractivity contribution in [2.45, 2.75) is 77.8 Å². The van der Waals surface area contributed by atoms with E-state index in [1.165, 1.54) is 12.0 Å². The van der Waals surface area contributed by atoms with Crippen molar-refractivity contribution >= 4 is 17.5 Å². The molecule has 2 aliphatic rings. The van der Waals surface area contributed by atoms with Crippen molar-refractivity contribution in [1.29, 1.82) is 0 Å². The van der Waals surface area contributed by atoms with Crippen LogP contribution in [0.2, 0.25) is 0 Å². The van der Waals surface area contributed by atoms with Crippen LogP contribution in [0.4, 0.5) is 5.69 Å². The van der Waals surface area contributed by atoms with Gasteiger partial charge >= 0.3 is 0 Å². The Balaban J connectivity index is 1.57. The molecule has 0 radical (unpaired) electrons. The highest BCUT2D eigenvalue weighted by molar-refractivity contribution is 6.03. The van der Waals surface area contributed by atoms with Crippen LogP contribution >= 0.6 is 0 Å². The number of carbonyl (C=O) groups excluding carboxylic acids is 2. The first-order valence-electron chi connectivity index (χ1n) is 10.8. The van der Waals surface area contributed by atoms with Gasteiger partial charge in [0, 0.05) is 18.3 Å². The minimum absolute atomic E-state index is 0.132. The quantitative estimate of drug-likeness (QED) is 0.818. The number of nitrogens with zero attached hydrogens (tertiary/aromatic N) is 2. The van der Waals surface area contributed by atoms with Crippen LogP contribution in [0.5, 0.6) is 0 Å². The Morgan fingerprint density at radius 3 is 2.55 bits per heavy atom. The predicted octanol–water partition coefficient (Wildman–Crippen LogP) is 4.15. The average molecular weight is 395 g/mol. The van der Waals surface area contributed by atoms with E-state index in [0.29, 0.717) is 11.5 Å². The van der Waals surface area contributed by atoms with E-state index in [2.05, 4.69) is 15.6 Å². The minimum Gasteiger partial charge on any atom is -0.348 e. The number of nitrogens with one attached hydrogen (secondary N) is 2. The molecule has 0 atom stereocenters. The summed E-state index contributed by atoms with van der Waals surface area (Å²) in [4.78, 5) is 30.5. The third kappa shape index (κ3) is 4.21. The lowest BCUT2D eigenvalue weighted by Crippen LogP contribution is -2.37. The summed E-state index contributed by atoms with van der Waals surface area (Å²) < 4.78 is 1.94. The van der Waals surface area contributed by atoms with E-state index in [1.807, 2.05) is 36.6 Å². The molecule has 2 heterocycles. The van der Waals surface area contributed by atoms with Crippen LogP contribution < -0.4 is 10.6 Å². The molecule has 1 fully saturated rings. The summed E-state index contributed by atoms with van der Waals surface area (Å²) in [5.41, 5.74) is 4.39. The first-order chi connectivity index (χ1) is 14.0. The van der Waals surface area contributed by atoms with Gasteiger partial charge in [-0.3, -0.25) is 9.59 Å². The fourth-order valence-corrected chi connectivity index (χ4v) is 4.41. The number of amides is 2. The second-order valence-corrected chi connectivity index (χ2v) is 8.40. The van der Waals surface area contributed by atoms with Crippen molar-refractivity contribution < 1.29 is 9.59 Å². The van der Waals surface area contributed by atoms with Gasteiger partial charge in [-0.15, -0.1) is 0 Å². The highest BCUT2D eigenvalue weighted by Gasteiger charge is 2.28. The molecule has 2 aromatic rings. The van der Waals surface area contributed by atoms with Crippen LogP contribution in [0, 0.1) is 13.8 Å². The van der Waals surface area contributed by atoms with Crippen molar-refractivity contribution in [3.63, 3.8) is 0 Å². The Bertz CT molecular complexity index is 925. The zero-order valence-electron chi connectivity index (χ0n) is 17.4. The molecule has 0 saturated heterocycles. The monoisotopic (exact) mass is 394 g/mol. The van der Waals surface area contributed by atoms with Gasteiger partial charge in [0.25, 0.3) is 11.8 Å². The number of fused-ring (bicyclic) bond motifs is 1. The maximum atomic E-state index is 13.0. The van der Waals surface area contributed by atoms with E-state index in [4.69, 9.17) is 0 Å². The molecule has 0 bridgehead atoms. The molecule has 1 aliphatic heterocycles. The van der Waals surface area contributed by atoms with Crippen molar-refractivity contribution in [1.82, 2.24) is 14.9 Å². The molecule has 1 aliphatic carbocycles. The number of imidazole rings is 1. The molecule has 1 aromatic heterocycles. The lowest BCUT2D eigenvalue weighted by Gasteiger charge is -2.23. The third-order valence-corrected chi connectivity index (χ3v) is 6.24. The molecule has 1 saturated carbocycles. The highest BCUT2D eigenvalue weighted by atomic mass is 16.2. The second-order valence-electron chi connectivity index (χ2n) is 8.40. The van der Waals surface area contributed by atoms with Gasteiger partial charge in [0.15, 0.2) is 5.82 Å². The number of aryl methyl sites for hydroxylation is 2. The van der Waals surface area contributed by atoms with E-state index in [9.17, 15) is 9.59 Å². The molecule has 1 aromatic carbocycles. The lowest BCUT2D eigenvalue weighted by molar-refractivity contribution is 0.0921. The Morgan fingerprint density at radius 2 is 1.79 bits per heavy atom. The SMILES string of the molecule is Cc1ccc(NC(=O)c2nc(C(=O)NC3CCCCC3)c3n2CCCC3)cc1C. The zero-order valence-corrected chi connectivity index (χ0v) is 17.4. The van der Waals surface area contributed by atoms with Crippen molar-refractivity contribution in [2.75, 3.05) is 5.32 Å². The molecule has 6 nitrogen and oxygen atoms in total. The second kappa shape index (κ2) is 8.39. The number of aromatic nitrogens is 2. The third-order valence-electron chi connectivity index (χ3n) is 6.24. The molecule has 0 spiro atoms. The maximum absolute atomic E-state index is 13.0. The molecule has 6 heteroatoms. The van der Waals surface area contributed by atoms with Gasteiger partial charge in [0.1, 0.15) is 5.69 Å². The number of hydrogen-bond donors (Lipinski definition) is 2. The van der Waals surface area contributed by atoms with Gasteiger partial charge in [-0.05, 0) is 69.2 Å². The van der Waals surface area contributed by atoms with Crippen LogP contribution in [0.25, 0.3) is 0 Å². The molecule has 0 unspecified atom stereocenters. The van der Waals surface area contributed by atoms with E-state index < -0.39 is 0 Å². The maximum Gasteiger partial charge on any atom is 0.291 e. The van der Waals surface area contributed by atoms with Gasteiger partial charge in [-0.2, -0.15) is 0 Å². The summed E-state index contributed by atoms with van der Waals surface area (Å²) in [7, 11) is 0. The molecular weight excluding hydrogens is 364 g/mol. The van der Waals surface area contributed by atoms with Crippen molar-refractivity contribution in [3.05, 3.63) is 46.5 Å². The number of carbonyl (C=O) groups is 2. The summed E-state index contributed by atoms with van der Waals surface area (Å²) in [6.07, 6.45) is 8.44. The molecule has 154 valence electrons. The van der Waals surface area contributed by atoms with Crippen molar-refractivity contribution in [3.8, 4) is 0 Å². The Morgan fingerprint density at radius 1 is 1.00 bits per heavy atom. The number of hydrogen-bond acceptors (Lipinski definition) is 3. The smallest absolute Gasteiger partial charge is 0.291 e. The van der Waals surface area contributed by atoms with Gasteiger partial charge in [0.2, 0.25) is 0 Å². The summed E-state index contributed by atoms with van der Waals surface area (Å²) in [6.45, 7) is 4.80. The summed E-state index contributed by atoms with van der Waals surface area (Å²) >= 11 is 0. The van der Waals surface area contributed by atoms with E-state index >= 15 is 0 Å². The number of benzene rings is 1. The van der Waals surface area contributed by atoms with Gasteiger partial charge < -0.3 is 15.2 Å². The Kier molecular flexibility index (Phi) is 5.69. The van der Waals surface area contributed by atoms with Crippen molar-refractivity contribution in [2.24, 2.45) is 0 Å². The Labute approximate surface area is 172 Å². The summed E-state index contributed by atoms with van der Waals surface area (Å²) in [5, 5.41) is 6.11. The van der Waals surface area contributed by atoms with Crippen LogP contribution in [0.1, 0.15) is 82.9 Å². The van der Waals surface area contributed by atoms with Crippen LogP contribution in [-0.4, -0.2) is 27.4 Å². The van der Waals surface area contributed by atoms with E-state index in [0.717, 1.165) is 68.4 Å². The first-order valence-corrected chi connectivity index (χ1v) is 10.8. The fourth-order valence-electron chi connectivity index (χ4n) is 4.41. The fraction of sp³-hybridized carbons (Fsp3) is 0.522. The molecule has 29 heavy (non-hydrogen) atoms. The molecule has 2 N–H and O–H groups in total. The average Bonchev–Trinajstić information content (AvgIpc) is 3.11. The minimum atomic E-state index is -0.256. The van der Waals surface area contributed by atoms with Crippen LogP contribution in [0.15, 0.2) is 18.2 Å². The Hall–Kier alpha value is -2.63.